The van der Waals surface area contributed by atoms with Crippen LogP contribution in [-0.2, 0) is 9.84 Å². The number of hydrogen-bond acceptors (Lipinski definition) is 4. The molecule has 0 radical (unpaired) electrons. The first-order valence-corrected chi connectivity index (χ1v) is 8.91. The zero-order valence-corrected chi connectivity index (χ0v) is 13.1. The first-order chi connectivity index (χ1) is 11.1. The highest BCUT2D eigenvalue weighted by Crippen LogP contribution is 2.32. The van der Waals surface area contributed by atoms with E-state index in [2.05, 4.69) is 5.32 Å². The summed E-state index contributed by atoms with van der Waals surface area (Å²) in [5, 5.41) is 5.04. The number of benzene rings is 3. The first-order valence-electron chi connectivity index (χ1n) is 7.37. The molecule has 1 unspecified atom stereocenters. The number of hydrogen-bond donors (Lipinski definition) is 1. The van der Waals surface area contributed by atoms with Crippen LogP contribution in [0.1, 0.15) is 0 Å². The second kappa shape index (κ2) is 5.28. The summed E-state index contributed by atoms with van der Waals surface area (Å²) in [5.41, 5.74) is -0.115. The molecule has 0 bridgehead atoms. The molecule has 0 amide bonds. The molecule has 0 fully saturated rings. The van der Waals surface area contributed by atoms with E-state index >= 15 is 0 Å². The van der Waals surface area contributed by atoms with Gasteiger partial charge in [-0.2, -0.15) is 0 Å². The van der Waals surface area contributed by atoms with Crippen LogP contribution in [-0.4, -0.2) is 20.4 Å². The number of sulfone groups is 1. The molecule has 0 aliphatic carbocycles. The average molecular weight is 325 g/mol. The Morgan fingerprint density at radius 3 is 2.52 bits per heavy atom. The van der Waals surface area contributed by atoms with Crippen molar-refractivity contribution in [3.05, 3.63) is 66.7 Å². The highest BCUT2D eigenvalue weighted by molar-refractivity contribution is 7.92. The van der Waals surface area contributed by atoms with Gasteiger partial charge in [-0.3, -0.25) is 0 Å². The minimum Gasteiger partial charge on any atom is -0.470 e. The molecule has 1 atom stereocenters. The average Bonchev–Trinajstić information content (AvgIpc) is 2.61. The summed E-state index contributed by atoms with van der Waals surface area (Å²) >= 11 is 0. The van der Waals surface area contributed by atoms with Crippen LogP contribution in [0.15, 0.2) is 71.6 Å². The Morgan fingerprint density at radius 2 is 1.65 bits per heavy atom. The van der Waals surface area contributed by atoms with Crippen molar-refractivity contribution in [3.8, 4) is 5.75 Å². The van der Waals surface area contributed by atoms with Crippen molar-refractivity contribution in [1.29, 1.82) is 0 Å². The second-order valence-corrected chi connectivity index (χ2v) is 7.57. The van der Waals surface area contributed by atoms with Gasteiger partial charge in [0.2, 0.25) is 15.3 Å². The lowest BCUT2D eigenvalue weighted by molar-refractivity contribution is 0.276. The van der Waals surface area contributed by atoms with E-state index < -0.39 is 15.3 Å². The van der Waals surface area contributed by atoms with Gasteiger partial charge in [0, 0.05) is 0 Å². The molecule has 0 spiro atoms. The monoisotopic (exact) mass is 325 g/mol. The van der Waals surface area contributed by atoms with E-state index in [-0.39, 0.29) is 11.4 Å². The minimum absolute atomic E-state index is 0.228. The Balaban J connectivity index is 1.72. The fourth-order valence-corrected chi connectivity index (χ4v) is 4.15. The molecule has 0 saturated heterocycles. The Bertz CT molecular complexity index is 982. The molecule has 0 saturated carbocycles. The van der Waals surface area contributed by atoms with Crippen molar-refractivity contribution in [2.45, 2.75) is 10.3 Å². The van der Waals surface area contributed by atoms with Crippen LogP contribution in [0.2, 0.25) is 0 Å². The predicted octanol–water partition coefficient (Wildman–Crippen LogP) is 3.44. The predicted molar refractivity (Wildman–Crippen MR) is 90.5 cm³/mol. The third-order valence-corrected chi connectivity index (χ3v) is 5.87. The number of ether oxygens (including phenoxy) is 1. The maximum absolute atomic E-state index is 12.9. The Morgan fingerprint density at radius 1 is 0.913 bits per heavy atom. The van der Waals surface area contributed by atoms with Gasteiger partial charge in [0.05, 0.1) is 17.1 Å². The summed E-state index contributed by atoms with van der Waals surface area (Å²) in [6.45, 7) is 0.228. The van der Waals surface area contributed by atoms with Gasteiger partial charge in [0.25, 0.3) is 0 Å². The molecule has 23 heavy (non-hydrogen) atoms. The van der Waals surface area contributed by atoms with Crippen LogP contribution in [0.4, 0.5) is 5.69 Å². The maximum Gasteiger partial charge on any atom is 0.220 e. The number of para-hydroxylation sites is 2. The largest absolute Gasteiger partial charge is 0.470 e. The van der Waals surface area contributed by atoms with Gasteiger partial charge >= 0.3 is 0 Å². The molecule has 1 aliphatic heterocycles. The quantitative estimate of drug-likeness (QED) is 0.784. The molecule has 1 heterocycles. The third-order valence-electron chi connectivity index (χ3n) is 4.00. The highest BCUT2D eigenvalue weighted by atomic mass is 32.2. The SMILES string of the molecule is O=S(=O)(c1ccc2ccccc2c1)C1CNc2ccccc2O1. The van der Waals surface area contributed by atoms with E-state index in [9.17, 15) is 8.42 Å². The van der Waals surface area contributed by atoms with Gasteiger partial charge in [0.1, 0.15) is 5.75 Å². The lowest BCUT2D eigenvalue weighted by Crippen LogP contribution is -2.37. The fourth-order valence-electron chi connectivity index (χ4n) is 2.76. The van der Waals surface area contributed by atoms with E-state index in [1.165, 1.54) is 0 Å². The fraction of sp³-hybridized carbons (Fsp3) is 0.111. The van der Waals surface area contributed by atoms with E-state index in [0.717, 1.165) is 16.5 Å². The number of rotatable bonds is 2. The lowest BCUT2D eigenvalue weighted by Gasteiger charge is -2.27. The van der Waals surface area contributed by atoms with Crippen LogP contribution in [0, 0.1) is 0 Å². The van der Waals surface area contributed by atoms with Crippen LogP contribution < -0.4 is 10.1 Å². The summed E-state index contributed by atoms with van der Waals surface area (Å²) in [5.74, 6) is 0.563. The Hall–Kier alpha value is -2.53. The van der Waals surface area contributed by atoms with Crippen molar-refractivity contribution in [2.24, 2.45) is 0 Å². The lowest BCUT2D eigenvalue weighted by atomic mass is 10.1. The minimum atomic E-state index is -3.58. The van der Waals surface area contributed by atoms with Crippen LogP contribution in [0.25, 0.3) is 10.8 Å². The van der Waals surface area contributed by atoms with Gasteiger partial charge in [-0.25, -0.2) is 8.42 Å². The van der Waals surface area contributed by atoms with Crippen molar-refractivity contribution in [1.82, 2.24) is 0 Å². The van der Waals surface area contributed by atoms with Gasteiger partial charge < -0.3 is 10.1 Å². The second-order valence-electron chi connectivity index (χ2n) is 5.48. The van der Waals surface area contributed by atoms with Gasteiger partial charge in [-0.1, -0.05) is 42.5 Å². The number of fused-ring (bicyclic) bond motifs is 2. The standard InChI is InChI=1S/C18H15NO3S/c20-23(21,15-10-9-13-5-1-2-6-14(13)11-15)18-12-19-16-7-3-4-8-17(16)22-18/h1-11,18-19H,12H2. The topological polar surface area (TPSA) is 55.4 Å². The van der Waals surface area contributed by atoms with Crippen LogP contribution in [0.3, 0.4) is 0 Å². The van der Waals surface area contributed by atoms with E-state index in [4.69, 9.17) is 4.74 Å². The van der Waals surface area contributed by atoms with E-state index in [1.54, 1.807) is 18.2 Å². The summed E-state index contributed by atoms with van der Waals surface area (Å²) in [6, 6.07) is 20.2. The molecular formula is C18H15NO3S. The molecule has 4 nitrogen and oxygen atoms in total. The first kappa shape index (κ1) is 14.1. The van der Waals surface area contributed by atoms with Crippen LogP contribution >= 0.6 is 0 Å². The zero-order valence-electron chi connectivity index (χ0n) is 12.3. The molecule has 4 rings (SSSR count). The molecule has 0 aromatic heterocycles. The van der Waals surface area contributed by atoms with Gasteiger partial charge in [-0.15, -0.1) is 0 Å². The number of nitrogens with one attached hydrogen (secondary N) is 1. The molecule has 1 aliphatic rings. The molecule has 5 heteroatoms. The van der Waals surface area contributed by atoms with Crippen molar-refractivity contribution in [2.75, 3.05) is 11.9 Å². The number of anilines is 1. The van der Waals surface area contributed by atoms with Crippen molar-refractivity contribution >= 4 is 26.3 Å². The van der Waals surface area contributed by atoms with Crippen molar-refractivity contribution in [3.63, 3.8) is 0 Å². The summed E-state index contributed by atoms with van der Waals surface area (Å²) in [4.78, 5) is 0.280. The zero-order chi connectivity index (χ0) is 15.9. The summed E-state index contributed by atoms with van der Waals surface area (Å²) in [7, 11) is -3.58. The molecule has 116 valence electrons. The molecule has 3 aromatic carbocycles. The van der Waals surface area contributed by atoms with Crippen LogP contribution in [0.5, 0.6) is 5.75 Å². The van der Waals surface area contributed by atoms with E-state index in [1.807, 2.05) is 48.5 Å². The summed E-state index contributed by atoms with van der Waals surface area (Å²) < 4.78 is 31.5. The molecule has 1 N–H and O–H groups in total. The maximum atomic E-state index is 12.9. The van der Waals surface area contributed by atoms with Gasteiger partial charge in [-0.05, 0) is 35.0 Å². The molecular weight excluding hydrogens is 310 g/mol. The van der Waals surface area contributed by atoms with Gasteiger partial charge in [0.15, 0.2) is 0 Å². The summed E-state index contributed by atoms with van der Waals surface area (Å²) in [6.07, 6.45) is 0. The molecule has 3 aromatic rings. The Kier molecular flexibility index (Phi) is 3.23. The van der Waals surface area contributed by atoms with E-state index in [0.29, 0.717) is 5.75 Å². The highest BCUT2D eigenvalue weighted by Gasteiger charge is 2.32. The third kappa shape index (κ3) is 2.43. The van der Waals surface area contributed by atoms with Crippen molar-refractivity contribution < 1.29 is 13.2 Å². The normalized spacial score (nSPS) is 17.1. The smallest absolute Gasteiger partial charge is 0.220 e. The Labute approximate surface area is 134 Å².